The molecule has 1 aliphatic rings. The van der Waals surface area contributed by atoms with Crippen molar-refractivity contribution in [1.82, 2.24) is 20.4 Å². The number of guanidine groups is 1. The summed E-state index contributed by atoms with van der Waals surface area (Å²) in [5, 5.41) is 6.95. The first kappa shape index (κ1) is 26.2. The van der Waals surface area contributed by atoms with Crippen LogP contribution in [0.25, 0.3) is 0 Å². The van der Waals surface area contributed by atoms with Crippen LogP contribution in [0.2, 0.25) is 0 Å². The van der Waals surface area contributed by atoms with Gasteiger partial charge in [-0.05, 0) is 39.8 Å². The molecule has 1 aliphatic heterocycles. The molecule has 0 bridgehead atoms. The fourth-order valence-corrected chi connectivity index (χ4v) is 3.48. The quantitative estimate of drug-likeness (QED) is 0.265. The fourth-order valence-electron chi connectivity index (χ4n) is 3.48. The molecule has 0 saturated carbocycles. The van der Waals surface area contributed by atoms with Crippen LogP contribution in [0.4, 0.5) is 0 Å². The molecule has 0 atom stereocenters. The topological polar surface area (TPSA) is 65.3 Å². The van der Waals surface area contributed by atoms with Crippen LogP contribution in [0.1, 0.15) is 33.5 Å². The van der Waals surface area contributed by atoms with E-state index in [9.17, 15) is 0 Å². The largest absolute Gasteiger partial charge is 0.469 e. The molecule has 0 amide bonds. The highest BCUT2D eigenvalue weighted by molar-refractivity contribution is 14.0. The van der Waals surface area contributed by atoms with Crippen LogP contribution < -0.4 is 10.6 Å². The average molecular weight is 521 g/mol. The Bertz CT molecular complexity index is 537. The highest BCUT2D eigenvalue weighted by Gasteiger charge is 2.13. The summed E-state index contributed by atoms with van der Waals surface area (Å²) < 4.78 is 10.8. The summed E-state index contributed by atoms with van der Waals surface area (Å²) in [6, 6.07) is 5.01. The van der Waals surface area contributed by atoms with Crippen molar-refractivity contribution in [3.63, 3.8) is 0 Å². The molecular formula is C21H40IN5O2. The lowest BCUT2D eigenvalue weighted by molar-refractivity contribution is 0.0394. The van der Waals surface area contributed by atoms with Gasteiger partial charge in [-0.25, -0.2) is 0 Å². The number of morpholine rings is 1. The molecule has 0 spiro atoms. The van der Waals surface area contributed by atoms with E-state index in [1.807, 2.05) is 12.1 Å². The summed E-state index contributed by atoms with van der Waals surface area (Å²) in [4.78, 5) is 9.68. The van der Waals surface area contributed by atoms with E-state index in [0.29, 0.717) is 12.1 Å². The van der Waals surface area contributed by atoms with E-state index < -0.39 is 0 Å². The summed E-state index contributed by atoms with van der Waals surface area (Å²) >= 11 is 0. The minimum atomic E-state index is 0. The van der Waals surface area contributed by atoms with Gasteiger partial charge in [0, 0.05) is 57.8 Å². The second-order valence-corrected chi connectivity index (χ2v) is 7.79. The predicted molar refractivity (Wildman–Crippen MR) is 130 cm³/mol. The van der Waals surface area contributed by atoms with Gasteiger partial charge < -0.3 is 19.8 Å². The molecule has 7 nitrogen and oxygen atoms in total. The van der Waals surface area contributed by atoms with E-state index in [1.165, 1.54) is 0 Å². The normalized spacial score (nSPS) is 15.8. The SMILES string of the molecule is CC(C)N(CCNC(=NCCN1CCOCC1)NCCc1ccco1)C(C)C.I. The van der Waals surface area contributed by atoms with E-state index >= 15 is 0 Å². The summed E-state index contributed by atoms with van der Waals surface area (Å²) in [5.74, 6) is 1.87. The molecule has 168 valence electrons. The number of nitrogens with zero attached hydrogens (tertiary/aromatic N) is 3. The lowest BCUT2D eigenvalue weighted by Gasteiger charge is -2.30. The van der Waals surface area contributed by atoms with Crippen LogP contribution in [0, 0.1) is 0 Å². The molecule has 2 rings (SSSR count). The zero-order valence-corrected chi connectivity index (χ0v) is 20.9. The molecule has 8 heteroatoms. The van der Waals surface area contributed by atoms with Crippen LogP contribution >= 0.6 is 24.0 Å². The molecule has 0 aliphatic carbocycles. The summed E-state index contributed by atoms with van der Waals surface area (Å²) in [6.07, 6.45) is 2.57. The van der Waals surface area contributed by atoms with E-state index in [1.54, 1.807) is 6.26 Å². The van der Waals surface area contributed by atoms with Gasteiger partial charge in [-0.1, -0.05) is 0 Å². The third-order valence-corrected chi connectivity index (χ3v) is 5.02. The van der Waals surface area contributed by atoms with Crippen molar-refractivity contribution < 1.29 is 9.15 Å². The van der Waals surface area contributed by atoms with Crippen molar-refractivity contribution in [2.24, 2.45) is 4.99 Å². The van der Waals surface area contributed by atoms with E-state index in [2.05, 4.69) is 48.1 Å². The van der Waals surface area contributed by atoms with Gasteiger partial charge in [-0.3, -0.25) is 14.8 Å². The Labute approximate surface area is 193 Å². The summed E-state index contributed by atoms with van der Waals surface area (Å²) in [6.45, 7) is 17.1. The van der Waals surface area contributed by atoms with Crippen molar-refractivity contribution in [3.05, 3.63) is 24.2 Å². The maximum absolute atomic E-state index is 5.42. The van der Waals surface area contributed by atoms with Crippen molar-refractivity contribution in [2.45, 2.75) is 46.2 Å². The van der Waals surface area contributed by atoms with Gasteiger partial charge in [-0.2, -0.15) is 0 Å². The number of ether oxygens (including phenoxy) is 1. The van der Waals surface area contributed by atoms with Crippen LogP contribution in [-0.4, -0.2) is 86.9 Å². The Hall–Kier alpha value is -0.840. The van der Waals surface area contributed by atoms with Crippen molar-refractivity contribution in [2.75, 3.05) is 59.0 Å². The molecule has 0 unspecified atom stereocenters. The van der Waals surface area contributed by atoms with Crippen molar-refractivity contribution in [3.8, 4) is 0 Å². The monoisotopic (exact) mass is 521 g/mol. The first-order valence-corrected chi connectivity index (χ1v) is 10.7. The number of hydrogen-bond acceptors (Lipinski definition) is 5. The molecule has 0 aromatic carbocycles. The average Bonchev–Trinajstić information content (AvgIpc) is 3.18. The minimum absolute atomic E-state index is 0. The standard InChI is InChI=1S/C21H39N5O2.HI/c1-18(2)26(19(3)4)12-10-24-21(22-8-7-20-6-5-15-28-20)23-9-11-25-13-16-27-17-14-25;/h5-6,15,18-19H,7-14,16-17H2,1-4H3,(H2,22,23,24);1H. The Morgan fingerprint density at radius 3 is 2.45 bits per heavy atom. The van der Waals surface area contributed by atoms with Crippen LogP contribution in [0.5, 0.6) is 0 Å². The van der Waals surface area contributed by atoms with E-state index in [-0.39, 0.29) is 24.0 Å². The Kier molecular flexibility index (Phi) is 13.6. The molecule has 0 radical (unpaired) electrons. The zero-order chi connectivity index (χ0) is 20.2. The van der Waals surface area contributed by atoms with Gasteiger partial charge in [0.05, 0.1) is 26.0 Å². The highest BCUT2D eigenvalue weighted by Crippen LogP contribution is 2.03. The van der Waals surface area contributed by atoms with Gasteiger partial charge in [0.25, 0.3) is 0 Å². The van der Waals surface area contributed by atoms with Gasteiger partial charge in [0.1, 0.15) is 5.76 Å². The number of nitrogens with one attached hydrogen (secondary N) is 2. The van der Waals surface area contributed by atoms with Gasteiger partial charge in [-0.15, -0.1) is 24.0 Å². The van der Waals surface area contributed by atoms with Crippen LogP contribution in [0.15, 0.2) is 27.8 Å². The van der Waals surface area contributed by atoms with Crippen molar-refractivity contribution >= 4 is 29.9 Å². The van der Waals surface area contributed by atoms with Gasteiger partial charge in [0.2, 0.25) is 0 Å². The van der Waals surface area contributed by atoms with Crippen molar-refractivity contribution in [1.29, 1.82) is 0 Å². The van der Waals surface area contributed by atoms with Gasteiger partial charge in [0.15, 0.2) is 5.96 Å². The smallest absolute Gasteiger partial charge is 0.191 e. The van der Waals surface area contributed by atoms with E-state index in [0.717, 1.165) is 77.2 Å². The molecular weight excluding hydrogens is 481 g/mol. The second kappa shape index (κ2) is 15.0. The van der Waals surface area contributed by atoms with Crippen LogP contribution in [-0.2, 0) is 11.2 Å². The molecule has 2 heterocycles. The predicted octanol–water partition coefficient (Wildman–Crippen LogP) is 2.43. The molecule has 1 saturated heterocycles. The summed E-state index contributed by atoms with van der Waals surface area (Å²) in [5.41, 5.74) is 0. The lowest BCUT2D eigenvalue weighted by atomic mass is 10.2. The van der Waals surface area contributed by atoms with E-state index in [4.69, 9.17) is 14.1 Å². The number of halogens is 1. The molecule has 1 aromatic rings. The maximum Gasteiger partial charge on any atom is 0.191 e. The highest BCUT2D eigenvalue weighted by atomic mass is 127. The fraction of sp³-hybridized carbons (Fsp3) is 0.762. The number of aliphatic imine (C=N–C) groups is 1. The Balaban J connectivity index is 0.00000420. The number of rotatable bonds is 11. The number of hydrogen-bond donors (Lipinski definition) is 2. The Morgan fingerprint density at radius 1 is 1.14 bits per heavy atom. The molecule has 1 fully saturated rings. The third-order valence-electron chi connectivity index (χ3n) is 5.02. The Morgan fingerprint density at radius 2 is 1.83 bits per heavy atom. The first-order valence-electron chi connectivity index (χ1n) is 10.7. The third kappa shape index (κ3) is 10.7. The number of furan rings is 1. The molecule has 29 heavy (non-hydrogen) atoms. The minimum Gasteiger partial charge on any atom is -0.469 e. The lowest BCUT2D eigenvalue weighted by Crippen LogP contribution is -2.46. The maximum atomic E-state index is 5.42. The first-order chi connectivity index (χ1) is 13.6. The molecule has 2 N–H and O–H groups in total. The van der Waals surface area contributed by atoms with Gasteiger partial charge >= 0.3 is 0 Å². The summed E-state index contributed by atoms with van der Waals surface area (Å²) in [7, 11) is 0. The molecule has 1 aromatic heterocycles. The zero-order valence-electron chi connectivity index (χ0n) is 18.5. The van der Waals surface area contributed by atoms with Crippen LogP contribution in [0.3, 0.4) is 0 Å². The second-order valence-electron chi connectivity index (χ2n) is 7.79.